The smallest absolute Gasteiger partial charge is 0.119 e. The van der Waals surface area contributed by atoms with Crippen molar-refractivity contribution in [3.63, 3.8) is 0 Å². The molecule has 3 nitrogen and oxygen atoms in total. The van der Waals surface area contributed by atoms with Crippen molar-refractivity contribution >= 4 is 0 Å². The Morgan fingerprint density at radius 2 is 1.76 bits per heavy atom. The third kappa shape index (κ3) is 6.96. The van der Waals surface area contributed by atoms with Gasteiger partial charge < -0.3 is 14.8 Å². The van der Waals surface area contributed by atoms with Crippen LogP contribution in [0.15, 0.2) is 24.3 Å². The molecule has 1 aromatic carbocycles. The summed E-state index contributed by atoms with van der Waals surface area (Å²) in [4.78, 5) is 0. The van der Waals surface area contributed by atoms with E-state index in [0.29, 0.717) is 12.1 Å². The third-order valence-electron chi connectivity index (χ3n) is 3.66. The van der Waals surface area contributed by atoms with Gasteiger partial charge in [-0.15, -0.1) is 0 Å². The Hall–Kier alpha value is -1.06. The van der Waals surface area contributed by atoms with E-state index in [1.54, 1.807) is 7.11 Å². The molecular weight excluding hydrogens is 262 g/mol. The van der Waals surface area contributed by atoms with Gasteiger partial charge in [-0.05, 0) is 56.8 Å². The largest absolute Gasteiger partial charge is 0.494 e. The monoisotopic (exact) mass is 293 g/mol. The topological polar surface area (TPSA) is 30.5 Å². The lowest BCUT2D eigenvalue weighted by atomic mass is 10.00. The summed E-state index contributed by atoms with van der Waals surface area (Å²) in [6, 6.07) is 8.89. The van der Waals surface area contributed by atoms with Crippen molar-refractivity contribution < 1.29 is 9.47 Å². The van der Waals surface area contributed by atoms with Crippen molar-refractivity contribution in [1.29, 1.82) is 0 Å². The van der Waals surface area contributed by atoms with Gasteiger partial charge in [0.1, 0.15) is 5.75 Å². The van der Waals surface area contributed by atoms with Crippen molar-refractivity contribution in [1.82, 2.24) is 5.32 Å². The molecular formula is C18H31NO2. The van der Waals surface area contributed by atoms with Gasteiger partial charge in [-0.1, -0.05) is 26.0 Å². The molecule has 0 heterocycles. The van der Waals surface area contributed by atoms with Crippen LogP contribution in [-0.2, 0) is 4.74 Å². The van der Waals surface area contributed by atoms with Crippen LogP contribution < -0.4 is 10.1 Å². The second-order valence-electron chi connectivity index (χ2n) is 5.55. The maximum atomic E-state index is 5.65. The van der Waals surface area contributed by atoms with E-state index < -0.39 is 0 Å². The Morgan fingerprint density at radius 3 is 2.33 bits per heavy atom. The summed E-state index contributed by atoms with van der Waals surface area (Å²) in [6.07, 6.45) is 4.64. The predicted octanol–water partition coefficient (Wildman–Crippen LogP) is 4.33. The normalized spacial score (nSPS) is 13.9. The molecule has 1 N–H and O–H groups in total. The molecule has 0 aliphatic carbocycles. The lowest BCUT2D eigenvalue weighted by molar-refractivity contribution is 0.106. The quantitative estimate of drug-likeness (QED) is 0.658. The number of hydrogen-bond acceptors (Lipinski definition) is 3. The van der Waals surface area contributed by atoms with Crippen molar-refractivity contribution in [3.8, 4) is 5.75 Å². The molecule has 0 aliphatic heterocycles. The van der Waals surface area contributed by atoms with Gasteiger partial charge in [-0.25, -0.2) is 0 Å². The summed E-state index contributed by atoms with van der Waals surface area (Å²) in [5.74, 6) is 0.958. The fraction of sp³-hybridized carbons (Fsp3) is 0.667. The predicted molar refractivity (Wildman–Crippen MR) is 89.0 cm³/mol. The zero-order chi connectivity index (χ0) is 15.5. The Labute approximate surface area is 130 Å². The average Bonchev–Trinajstić information content (AvgIpc) is 2.53. The highest BCUT2D eigenvalue weighted by Gasteiger charge is 2.12. The van der Waals surface area contributed by atoms with E-state index in [4.69, 9.17) is 9.47 Å². The van der Waals surface area contributed by atoms with Crippen LogP contribution in [0.3, 0.4) is 0 Å². The minimum absolute atomic E-state index is 0.308. The van der Waals surface area contributed by atoms with Crippen LogP contribution in [0.4, 0.5) is 0 Å². The molecule has 0 saturated carbocycles. The first-order valence-electron chi connectivity index (χ1n) is 8.20. The van der Waals surface area contributed by atoms with E-state index in [9.17, 15) is 0 Å². The van der Waals surface area contributed by atoms with Crippen molar-refractivity contribution in [2.45, 2.75) is 58.6 Å². The first-order chi connectivity index (χ1) is 10.2. The van der Waals surface area contributed by atoms with Gasteiger partial charge >= 0.3 is 0 Å². The second kappa shape index (κ2) is 10.6. The highest BCUT2D eigenvalue weighted by atomic mass is 16.5. The molecule has 0 radical (unpaired) electrons. The molecule has 0 aliphatic rings. The van der Waals surface area contributed by atoms with E-state index in [0.717, 1.165) is 44.6 Å². The Balaban J connectivity index is 2.63. The molecule has 0 fully saturated rings. The number of hydrogen-bond donors (Lipinski definition) is 1. The summed E-state index contributed by atoms with van der Waals surface area (Å²) < 4.78 is 11.0. The second-order valence-corrected chi connectivity index (χ2v) is 5.55. The van der Waals surface area contributed by atoms with Crippen LogP contribution in [0.2, 0.25) is 0 Å². The summed E-state index contributed by atoms with van der Waals surface area (Å²) in [7, 11) is 1.78. The Morgan fingerprint density at radius 1 is 1.05 bits per heavy atom. The fourth-order valence-corrected chi connectivity index (χ4v) is 2.24. The van der Waals surface area contributed by atoms with Gasteiger partial charge in [0.2, 0.25) is 0 Å². The van der Waals surface area contributed by atoms with Crippen LogP contribution in [0.5, 0.6) is 5.75 Å². The van der Waals surface area contributed by atoms with Gasteiger partial charge in [-0.3, -0.25) is 0 Å². The minimum Gasteiger partial charge on any atom is -0.494 e. The van der Waals surface area contributed by atoms with E-state index >= 15 is 0 Å². The molecule has 0 aromatic heterocycles. The van der Waals surface area contributed by atoms with Crippen molar-refractivity contribution in [3.05, 3.63) is 29.8 Å². The van der Waals surface area contributed by atoms with Crippen LogP contribution in [0, 0.1) is 0 Å². The van der Waals surface area contributed by atoms with Crippen LogP contribution in [0.1, 0.15) is 58.1 Å². The maximum Gasteiger partial charge on any atom is 0.119 e. The maximum absolute atomic E-state index is 5.65. The van der Waals surface area contributed by atoms with E-state index in [1.165, 1.54) is 5.56 Å². The third-order valence-corrected chi connectivity index (χ3v) is 3.66. The standard InChI is InChI=1S/C18H31NO2/c1-5-13-19-18(12-7-15(3)20-4)16-8-10-17(11-9-16)21-14-6-2/h8-11,15,18-19H,5-7,12-14H2,1-4H3. The molecule has 0 bridgehead atoms. The van der Waals surface area contributed by atoms with E-state index in [1.807, 2.05) is 0 Å². The van der Waals surface area contributed by atoms with Crippen LogP contribution >= 0.6 is 0 Å². The molecule has 1 rings (SSSR count). The van der Waals surface area contributed by atoms with Gasteiger partial charge in [-0.2, -0.15) is 0 Å². The van der Waals surface area contributed by atoms with Crippen LogP contribution in [-0.4, -0.2) is 26.4 Å². The number of methoxy groups -OCH3 is 1. The molecule has 120 valence electrons. The lowest BCUT2D eigenvalue weighted by Gasteiger charge is -2.21. The zero-order valence-corrected chi connectivity index (χ0v) is 14.0. The first kappa shape index (κ1) is 18.0. The summed E-state index contributed by atoms with van der Waals surface area (Å²) in [6.45, 7) is 8.26. The molecule has 3 heteroatoms. The fourth-order valence-electron chi connectivity index (χ4n) is 2.24. The van der Waals surface area contributed by atoms with Crippen LogP contribution in [0.25, 0.3) is 0 Å². The molecule has 0 saturated heterocycles. The van der Waals surface area contributed by atoms with Gasteiger partial charge in [0.05, 0.1) is 12.7 Å². The zero-order valence-electron chi connectivity index (χ0n) is 14.0. The SMILES string of the molecule is CCCNC(CCC(C)OC)c1ccc(OCCC)cc1. The summed E-state index contributed by atoms with van der Waals surface area (Å²) in [5, 5.41) is 3.63. The summed E-state index contributed by atoms with van der Waals surface area (Å²) in [5.41, 5.74) is 1.33. The molecule has 1 aromatic rings. The Kier molecular flexibility index (Phi) is 9.11. The average molecular weight is 293 g/mol. The van der Waals surface area contributed by atoms with Gasteiger partial charge in [0.15, 0.2) is 0 Å². The molecule has 2 unspecified atom stereocenters. The Bertz CT molecular complexity index is 364. The number of nitrogens with one attached hydrogen (secondary N) is 1. The number of ether oxygens (including phenoxy) is 2. The molecule has 0 spiro atoms. The minimum atomic E-state index is 0.308. The molecule has 2 atom stereocenters. The highest BCUT2D eigenvalue weighted by molar-refractivity contribution is 5.29. The van der Waals surface area contributed by atoms with Crippen molar-refractivity contribution in [2.75, 3.05) is 20.3 Å². The first-order valence-corrected chi connectivity index (χ1v) is 8.20. The van der Waals surface area contributed by atoms with E-state index in [2.05, 4.69) is 50.4 Å². The van der Waals surface area contributed by atoms with Gasteiger partial charge in [0, 0.05) is 13.2 Å². The number of benzene rings is 1. The van der Waals surface area contributed by atoms with Gasteiger partial charge in [0.25, 0.3) is 0 Å². The highest BCUT2D eigenvalue weighted by Crippen LogP contribution is 2.23. The number of rotatable bonds is 11. The molecule has 0 amide bonds. The van der Waals surface area contributed by atoms with E-state index in [-0.39, 0.29) is 0 Å². The lowest BCUT2D eigenvalue weighted by Crippen LogP contribution is -2.23. The summed E-state index contributed by atoms with van der Waals surface area (Å²) >= 11 is 0. The van der Waals surface area contributed by atoms with Crippen molar-refractivity contribution in [2.24, 2.45) is 0 Å². The molecule has 21 heavy (non-hydrogen) atoms.